The fourth-order valence-electron chi connectivity index (χ4n) is 3.62. The molecule has 31 heavy (non-hydrogen) atoms. The minimum Gasteiger partial charge on any atom is -0.490 e. The summed E-state index contributed by atoms with van der Waals surface area (Å²) in [6, 6.07) is 15.3. The van der Waals surface area contributed by atoms with Crippen molar-refractivity contribution in [1.82, 2.24) is 14.8 Å². The lowest BCUT2D eigenvalue weighted by molar-refractivity contribution is -0.111. The second kappa shape index (κ2) is 9.89. The van der Waals surface area contributed by atoms with Gasteiger partial charge in [-0.1, -0.05) is 43.3 Å². The first-order chi connectivity index (χ1) is 15.2. The molecule has 0 radical (unpaired) electrons. The zero-order chi connectivity index (χ0) is 21.5. The molecule has 0 aliphatic carbocycles. The third kappa shape index (κ3) is 5.28. The summed E-state index contributed by atoms with van der Waals surface area (Å²) in [5, 5.41) is 11.7. The highest BCUT2D eigenvalue weighted by atomic mass is 16.5. The zero-order valence-electron chi connectivity index (χ0n) is 17.5. The van der Waals surface area contributed by atoms with Crippen LogP contribution in [0.2, 0.25) is 0 Å². The van der Waals surface area contributed by atoms with Crippen molar-refractivity contribution in [2.45, 2.75) is 32.2 Å². The summed E-state index contributed by atoms with van der Waals surface area (Å²) in [4.78, 5) is 12.4. The van der Waals surface area contributed by atoms with Crippen LogP contribution in [0.3, 0.4) is 0 Å². The summed E-state index contributed by atoms with van der Waals surface area (Å²) in [7, 11) is 0. The van der Waals surface area contributed by atoms with Gasteiger partial charge in [-0.15, -0.1) is 10.2 Å². The second-order valence-corrected chi connectivity index (χ2v) is 7.47. The summed E-state index contributed by atoms with van der Waals surface area (Å²) < 4.78 is 7.67. The first-order valence-electron chi connectivity index (χ1n) is 10.6. The maximum absolute atomic E-state index is 12.4. The largest absolute Gasteiger partial charge is 0.490 e. The maximum Gasteiger partial charge on any atom is 0.248 e. The number of hydrogen-bond donors (Lipinski definition) is 1. The molecule has 0 unspecified atom stereocenters. The highest BCUT2D eigenvalue weighted by Gasteiger charge is 2.16. The topological polar surface area (TPSA) is 69.0 Å². The van der Waals surface area contributed by atoms with Crippen LogP contribution in [0.15, 0.2) is 67.3 Å². The van der Waals surface area contributed by atoms with Crippen LogP contribution in [-0.4, -0.2) is 27.3 Å². The summed E-state index contributed by atoms with van der Waals surface area (Å²) in [5.74, 6) is 2.49. The fourth-order valence-corrected chi connectivity index (χ4v) is 3.62. The Bertz CT molecular complexity index is 1080. The lowest BCUT2D eigenvalue weighted by Crippen LogP contribution is -2.08. The van der Waals surface area contributed by atoms with E-state index in [9.17, 15) is 4.79 Å². The average molecular weight is 415 g/mol. The van der Waals surface area contributed by atoms with Crippen molar-refractivity contribution in [3.05, 3.63) is 78.6 Å². The van der Waals surface area contributed by atoms with Gasteiger partial charge in [0, 0.05) is 30.3 Å². The number of aryl methyl sites for hydroxylation is 1. The summed E-state index contributed by atoms with van der Waals surface area (Å²) in [5.41, 5.74) is 2.60. The van der Waals surface area contributed by atoms with Crippen molar-refractivity contribution < 1.29 is 9.53 Å². The maximum atomic E-state index is 12.4. The molecule has 3 aromatic rings. The Labute approximate surface area is 182 Å². The Balaban J connectivity index is 1.42. The smallest absolute Gasteiger partial charge is 0.248 e. The van der Waals surface area contributed by atoms with Crippen molar-refractivity contribution in [3.63, 3.8) is 0 Å². The standard InChI is InChI=1S/C25H26N4O2/c1-2-17-31-22-13-10-19(11-14-22)12-15-24(30)26-21-8-6-7-20(18-21)25-28-27-23-9-4-3-5-16-29(23)25/h2,6-8,10-15,18H,1,3-5,9,16-17H2,(H,26,30)/b15-12+. The Morgan fingerprint density at radius 3 is 2.84 bits per heavy atom. The molecule has 0 fully saturated rings. The van der Waals surface area contributed by atoms with Gasteiger partial charge < -0.3 is 14.6 Å². The molecule has 0 saturated heterocycles. The molecule has 4 rings (SSSR count). The summed E-state index contributed by atoms with van der Waals surface area (Å²) in [6.45, 7) is 5.04. The molecule has 6 nitrogen and oxygen atoms in total. The first-order valence-corrected chi connectivity index (χ1v) is 10.6. The Kier molecular flexibility index (Phi) is 6.57. The SMILES string of the molecule is C=CCOc1ccc(/C=C/C(=O)Nc2cccc(-c3nnc4n3CCCCC4)c2)cc1. The first kappa shape index (κ1) is 20.6. The van der Waals surface area contributed by atoms with Gasteiger partial charge >= 0.3 is 0 Å². The average Bonchev–Trinajstić information content (AvgIpc) is 3.05. The van der Waals surface area contributed by atoms with Gasteiger partial charge in [-0.05, 0) is 48.7 Å². The number of fused-ring (bicyclic) bond motifs is 1. The van der Waals surface area contributed by atoms with E-state index in [1.54, 1.807) is 12.2 Å². The van der Waals surface area contributed by atoms with E-state index in [0.717, 1.165) is 60.0 Å². The molecule has 0 saturated carbocycles. The third-order valence-corrected chi connectivity index (χ3v) is 5.17. The molecule has 6 heteroatoms. The molecule has 1 aliphatic heterocycles. The molecule has 1 aliphatic rings. The molecule has 0 atom stereocenters. The van der Waals surface area contributed by atoms with E-state index >= 15 is 0 Å². The van der Waals surface area contributed by atoms with Crippen molar-refractivity contribution in [2.24, 2.45) is 0 Å². The number of amides is 1. The number of hydrogen-bond acceptors (Lipinski definition) is 4. The van der Waals surface area contributed by atoms with Gasteiger partial charge in [0.05, 0.1) is 0 Å². The van der Waals surface area contributed by atoms with Gasteiger partial charge in [0.25, 0.3) is 0 Å². The highest BCUT2D eigenvalue weighted by molar-refractivity contribution is 6.02. The van der Waals surface area contributed by atoms with E-state index in [1.165, 1.54) is 12.5 Å². The monoisotopic (exact) mass is 414 g/mol. The fraction of sp³-hybridized carbons (Fsp3) is 0.240. The van der Waals surface area contributed by atoms with Gasteiger partial charge in [0.1, 0.15) is 18.2 Å². The minimum atomic E-state index is -0.191. The summed E-state index contributed by atoms with van der Waals surface area (Å²) in [6.07, 6.45) is 9.48. The number of aromatic nitrogens is 3. The van der Waals surface area contributed by atoms with Gasteiger partial charge in [-0.2, -0.15) is 0 Å². The molecular weight excluding hydrogens is 388 g/mol. The molecular formula is C25H26N4O2. The molecule has 0 spiro atoms. The number of rotatable bonds is 7. The lowest BCUT2D eigenvalue weighted by Gasteiger charge is -2.09. The van der Waals surface area contributed by atoms with Crippen molar-refractivity contribution in [2.75, 3.05) is 11.9 Å². The van der Waals surface area contributed by atoms with Crippen LogP contribution in [0.5, 0.6) is 5.75 Å². The van der Waals surface area contributed by atoms with Crippen LogP contribution in [0, 0.1) is 0 Å². The predicted molar refractivity (Wildman–Crippen MR) is 123 cm³/mol. The minimum absolute atomic E-state index is 0.191. The normalized spacial score (nSPS) is 13.4. The van der Waals surface area contributed by atoms with Crippen LogP contribution >= 0.6 is 0 Å². The molecule has 2 heterocycles. The van der Waals surface area contributed by atoms with E-state index in [1.807, 2.05) is 48.5 Å². The number of ether oxygens (including phenoxy) is 1. The number of nitrogens with zero attached hydrogens (tertiary/aromatic N) is 3. The van der Waals surface area contributed by atoms with E-state index in [0.29, 0.717) is 6.61 Å². The Morgan fingerprint density at radius 1 is 1.13 bits per heavy atom. The van der Waals surface area contributed by atoms with E-state index < -0.39 is 0 Å². The molecule has 0 bridgehead atoms. The number of benzene rings is 2. The van der Waals surface area contributed by atoms with Gasteiger partial charge in [-0.25, -0.2) is 0 Å². The Morgan fingerprint density at radius 2 is 2.00 bits per heavy atom. The third-order valence-electron chi connectivity index (χ3n) is 5.17. The van der Waals surface area contributed by atoms with Crippen LogP contribution in [-0.2, 0) is 17.8 Å². The van der Waals surface area contributed by atoms with Crippen molar-refractivity contribution >= 4 is 17.7 Å². The summed E-state index contributed by atoms with van der Waals surface area (Å²) >= 11 is 0. The number of carbonyl (C=O) groups excluding carboxylic acids is 1. The quantitative estimate of drug-likeness (QED) is 0.442. The molecule has 1 aromatic heterocycles. The molecule has 158 valence electrons. The number of anilines is 1. The van der Waals surface area contributed by atoms with E-state index in [-0.39, 0.29) is 5.91 Å². The van der Waals surface area contributed by atoms with E-state index in [2.05, 4.69) is 26.7 Å². The van der Waals surface area contributed by atoms with Crippen molar-refractivity contribution in [1.29, 1.82) is 0 Å². The van der Waals surface area contributed by atoms with Crippen LogP contribution in [0.1, 0.15) is 30.7 Å². The van der Waals surface area contributed by atoms with Crippen molar-refractivity contribution in [3.8, 4) is 17.1 Å². The van der Waals surface area contributed by atoms with Crippen LogP contribution < -0.4 is 10.1 Å². The van der Waals surface area contributed by atoms with Crippen LogP contribution in [0.25, 0.3) is 17.5 Å². The van der Waals surface area contributed by atoms with Gasteiger partial charge in [0.15, 0.2) is 5.82 Å². The molecule has 1 N–H and O–H groups in total. The van der Waals surface area contributed by atoms with Gasteiger partial charge in [0.2, 0.25) is 5.91 Å². The zero-order valence-corrected chi connectivity index (χ0v) is 17.5. The molecule has 1 amide bonds. The number of carbonyl (C=O) groups is 1. The van der Waals surface area contributed by atoms with E-state index in [4.69, 9.17) is 4.74 Å². The second-order valence-electron chi connectivity index (χ2n) is 7.47. The lowest BCUT2D eigenvalue weighted by atomic mass is 10.1. The Hall–Kier alpha value is -3.67. The predicted octanol–water partition coefficient (Wildman–Crippen LogP) is 4.89. The molecule has 2 aromatic carbocycles. The number of nitrogens with one attached hydrogen (secondary N) is 1. The highest BCUT2D eigenvalue weighted by Crippen LogP contribution is 2.25. The van der Waals surface area contributed by atoms with Crippen LogP contribution in [0.4, 0.5) is 5.69 Å². The van der Waals surface area contributed by atoms with Gasteiger partial charge in [-0.3, -0.25) is 4.79 Å².